The fourth-order valence-corrected chi connectivity index (χ4v) is 2.88. The van der Waals surface area contributed by atoms with Gasteiger partial charge in [-0.05, 0) is 45.1 Å². The summed E-state index contributed by atoms with van der Waals surface area (Å²) in [7, 11) is 1.27. The van der Waals surface area contributed by atoms with Crippen molar-refractivity contribution in [2.24, 2.45) is 0 Å². The quantitative estimate of drug-likeness (QED) is 0.773. The Morgan fingerprint density at radius 3 is 2.60 bits per heavy atom. The van der Waals surface area contributed by atoms with E-state index in [-0.39, 0.29) is 0 Å². The molecule has 1 aromatic heterocycles. The molecule has 0 amide bonds. The third-order valence-electron chi connectivity index (χ3n) is 4.17. The van der Waals surface area contributed by atoms with E-state index in [4.69, 9.17) is 14.0 Å². The summed E-state index contributed by atoms with van der Waals surface area (Å²) in [6.45, 7) is 7.88. The maximum Gasteiger partial charge on any atom is 0.565 e. The highest BCUT2D eigenvalue weighted by atomic mass is 16.7. The minimum atomic E-state index is -0.452. The molecular weight excluding hydrogens is 253 g/mol. The topological polar surface area (TPSA) is 40.6 Å². The molecule has 4 nitrogen and oxygen atoms in total. The second kappa shape index (κ2) is 4.81. The van der Waals surface area contributed by atoms with Gasteiger partial charge in [0.15, 0.2) is 0 Å². The van der Waals surface area contributed by atoms with E-state index in [0.29, 0.717) is 5.76 Å². The van der Waals surface area contributed by atoms with Crippen LogP contribution in [0.3, 0.4) is 0 Å². The van der Waals surface area contributed by atoms with Gasteiger partial charge in [-0.2, -0.15) is 0 Å². The molecule has 0 saturated carbocycles. The molecule has 0 atom stereocenters. The summed E-state index contributed by atoms with van der Waals surface area (Å²) >= 11 is 0. The Morgan fingerprint density at radius 2 is 2.00 bits per heavy atom. The van der Waals surface area contributed by atoms with Crippen molar-refractivity contribution in [2.45, 2.75) is 45.1 Å². The molecule has 1 aliphatic heterocycles. The molecule has 1 aliphatic carbocycles. The molecule has 0 bridgehead atoms. The number of hydrogen-bond donors (Lipinski definition) is 0. The van der Waals surface area contributed by atoms with E-state index in [1.54, 1.807) is 7.11 Å². The Kier molecular flexibility index (Phi) is 3.25. The van der Waals surface area contributed by atoms with Gasteiger partial charge in [-0.1, -0.05) is 6.58 Å². The van der Waals surface area contributed by atoms with Crippen LogP contribution in [0.1, 0.15) is 37.8 Å². The van der Waals surface area contributed by atoms with Gasteiger partial charge in [0, 0.05) is 17.2 Å². The fourth-order valence-electron chi connectivity index (χ4n) is 2.88. The smallest absolute Gasteiger partial charge is 0.534 e. The molecule has 0 unspecified atom stereocenters. The highest BCUT2D eigenvalue weighted by Gasteiger charge is 2.44. The summed E-state index contributed by atoms with van der Waals surface area (Å²) in [5.74, 6) is 1.41. The van der Waals surface area contributed by atoms with Crippen LogP contribution in [0.2, 0.25) is 0 Å². The molecule has 0 spiro atoms. The molecule has 20 heavy (non-hydrogen) atoms. The molecule has 1 aromatic rings. The van der Waals surface area contributed by atoms with E-state index < -0.39 is 12.7 Å². The summed E-state index contributed by atoms with van der Waals surface area (Å²) in [6, 6.07) is 0. The number of nitrogens with zero attached hydrogens (tertiary/aromatic N) is 1. The molecule has 0 N–H and O–H groups in total. The van der Waals surface area contributed by atoms with Crippen LogP contribution in [0.5, 0.6) is 5.88 Å². The van der Waals surface area contributed by atoms with Crippen molar-refractivity contribution in [1.29, 1.82) is 0 Å². The standard InChI is InChI=1S/C15H20BNO3/c1-10-15(2,3)20-16(19-10)13-9-17-14(18-4)12-8-6-5-7-11(12)13/h9H,1,5-8H2,2-4H3. The molecule has 1 fully saturated rings. The van der Waals surface area contributed by atoms with Gasteiger partial charge in [0.25, 0.3) is 0 Å². The van der Waals surface area contributed by atoms with Crippen molar-refractivity contribution in [3.63, 3.8) is 0 Å². The molecule has 106 valence electrons. The Bertz CT molecular complexity index is 556. The van der Waals surface area contributed by atoms with Crippen LogP contribution in [0.15, 0.2) is 18.5 Å². The Morgan fingerprint density at radius 1 is 1.30 bits per heavy atom. The number of methoxy groups -OCH3 is 1. The average molecular weight is 273 g/mol. The lowest BCUT2D eigenvalue weighted by molar-refractivity contribution is 0.173. The second-order valence-corrected chi connectivity index (χ2v) is 5.89. The molecule has 1 saturated heterocycles. The number of hydrogen-bond acceptors (Lipinski definition) is 4. The average Bonchev–Trinajstić information content (AvgIpc) is 2.71. The van der Waals surface area contributed by atoms with Gasteiger partial charge in [-0.15, -0.1) is 0 Å². The van der Waals surface area contributed by atoms with Gasteiger partial charge in [0.1, 0.15) is 5.60 Å². The second-order valence-electron chi connectivity index (χ2n) is 5.89. The van der Waals surface area contributed by atoms with Crippen molar-refractivity contribution < 1.29 is 14.0 Å². The molecule has 5 heteroatoms. The summed E-state index contributed by atoms with van der Waals surface area (Å²) in [4.78, 5) is 4.42. The number of fused-ring (bicyclic) bond motifs is 1. The zero-order valence-electron chi connectivity index (χ0n) is 12.4. The lowest BCUT2D eigenvalue weighted by Gasteiger charge is -2.21. The van der Waals surface area contributed by atoms with Crippen molar-refractivity contribution in [3.8, 4) is 5.88 Å². The Hall–Kier alpha value is -1.49. The predicted molar refractivity (Wildman–Crippen MR) is 78.2 cm³/mol. The SMILES string of the molecule is C=C1OB(c2cnc(OC)c3c2CCCC3)OC1(C)C. The minimum Gasteiger partial charge on any atom is -0.534 e. The third kappa shape index (κ3) is 2.10. The van der Waals surface area contributed by atoms with E-state index >= 15 is 0 Å². The van der Waals surface area contributed by atoms with Gasteiger partial charge < -0.3 is 14.0 Å². The highest BCUT2D eigenvalue weighted by molar-refractivity contribution is 6.62. The lowest BCUT2D eigenvalue weighted by atomic mass is 9.73. The maximum absolute atomic E-state index is 5.98. The zero-order chi connectivity index (χ0) is 14.3. The van der Waals surface area contributed by atoms with E-state index in [1.165, 1.54) is 24.0 Å². The third-order valence-corrected chi connectivity index (χ3v) is 4.17. The maximum atomic E-state index is 5.98. The van der Waals surface area contributed by atoms with Crippen molar-refractivity contribution >= 4 is 12.6 Å². The first-order valence-electron chi connectivity index (χ1n) is 7.11. The van der Waals surface area contributed by atoms with Gasteiger partial charge in [0.05, 0.1) is 12.9 Å². The number of ether oxygens (including phenoxy) is 1. The van der Waals surface area contributed by atoms with Gasteiger partial charge in [0.2, 0.25) is 5.88 Å². The summed E-state index contributed by atoms with van der Waals surface area (Å²) in [5, 5.41) is 0. The van der Waals surface area contributed by atoms with Crippen LogP contribution >= 0.6 is 0 Å². The summed E-state index contributed by atoms with van der Waals surface area (Å²) in [6.07, 6.45) is 6.22. The van der Waals surface area contributed by atoms with Gasteiger partial charge >= 0.3 is 7.12 Å². The zero-order valence-corrected chi connectivity index (χ0v) is 12.4. The number of pyridine rings is 1. The van der Waals surface area contributed by atoms with E-state index in [9.17, 15) is 0 Å². The Balaban J connectivity index is 2.01. The monoisotopic (exact) mass is 273 g/mol. The first kappa shape index (κ1) is 13.5. The van der Waals surface area contributed by atoms with Crippen LogP contribution in [-0.2, 0) is 22.2 Å². The van der Waals surface area contributed by atoms with Gasteiger partial charge in [-0.25, -0.2) is 4.98 Å². The Labute approximate surface area is 120 Å². The van der Waals surface area contributed by atoms with Crippen LogP contribution in [0, 0.1) is 0 Å². The van der Waals surface area contributed by atoms with E-state index in [2.05, 4.69) is 11.6 Å². The van der Waals surface area contributed by atoms with E-state index in [1.807, 2.05) is 20.0 Å². The molecule has 2 heterocycles. The molecular formula is C15H20BNO3. The van der Waals surface area contributed by atoms with Gasteiger partial charge in [-0.3, -0.25) is 0 Å². The van der Waals surface area contributed by atoms with Crippen LogP contribution < -0.4 is 10.2 Å². The summed E-state index contributed by atoms with van der Waals surface area (Å²) < 4.78 is 17.2. The predicted octanol–water partition coefficient (Wildman–Crippen LogP) is 2.00. The molecule has 2 aliphatic rings. The normalized spacial score (nSPS) is 20.6. The first-order chi connectivity index (χ1) is 9.53. The first-order valence-corrected chi connectivity index (χ1v) is 7.11. The van der Waals surface area contributed by atoms with Crippen molar-refractivity contribution in [3.05, 3.63) is 29.7 Å². The lowest BCUT2D eigenvalue weighted by Crippen LogP contribution is -2.38. The van der Waals surface area contributed by atoms with Crippen LogP contribution in [0.25, 0.3) is 0 Å². The fraction of sp³-hybridized carbons (Fsp3) is 0.533. The molecule has 0 aromatic carbocycles. The van der Waals surface area contributed by atoms with Crippen molar-refractivity contribution in [2.75, 3.05) is 7.11 Å². The number of rotatable bonds is 2. The largest absolute Gasteiger partial charge is 0.565 e. The van der Waals surface area contributed by atoms with Crippen molar-refractivity contribution in [1.82, 2.24) is 4.98 Å². The van der Waals surface area contributed by atoms with E-state index in [0.717, 1.165) is 24.2 Å². The highest BCUT2D eigenvalue weighted by Crippen LogP contribution is 2.32. The number of aromatic nitrogens is 1. The minimum absolute atomic E-state index is 0.400. The van der Waals surface area contributed by atoms with Crippen LogP contribution in [0.4, 0.5) is 0 Å². The summed E-state index contributed by atoms with van der Waals surface area (Å²) in [5.41, 5.74) is 3.05. The molecule has 0 radical (unpaired) electrons. The molecule has 3 rings (SSSR count). The van der Waals surface area contributed by atoms with Crippen LogP contribution in [-0.4, -0.2) is 24.8 Å².